The lowest BCUT2D eigenvalue weighted by Crippen LogP contribution is -2.25. The molecule has 4 rings (SSSR count). The Morgan fingerprint density at radius 2 is 2.23 bits per heavy atom. The molecule has 1 aliphatic carbocycles. The molecule has 6 heteroatoms. The fourth-order valence-electron chi connectivity index (χ4n) is 2.70. The molecule has 2 heterocycles. The maximum atomic E-state index is 12.2. The van der Waals surface area contributed by atoms with Crippen molar-refractivity contribution in [2.45, 2.75) is 12.3 Å². The third-order valence-electron chi connectivity index (χ3n) is 3.92. The zero-order valence-electron chi connectivity index (χ0n) is 11.7. The van der Waals surface area contributed by atoms with Gasteiger partial charge in [0.2, 0.25) is 5.91 Å². The topological polar surface area (TPSA) is 80.6 Å². The van der Waals surface area contributed by atoms with E-state index >= 15 is 0 Å². The number of anilines is 2. The first kappa shape index (κ1) is 12.9. The second-order valence-corrected chi connectivity index (χ2v) is 5.50. The molecule has 1 fully saturated rings. The van der Waals surface area contributed by atoms with Crippen molar-refractivity contribution >= 4 is 23.2 Å². The van der Waals surface area contributed by atoms with Crippen molar-refractivity contribution in [3.05, 3.63) is 42.4 Å². The lowest BCUT2D eigenvalue weighted by Gasteiger charge is -2.18. The Morgan fingerprint density at radius 1 is 1.32 bits per heavy atom. The van der Waals surface area contributed by atoms with Gasteiger partial charge in [-0.05, 0) is 36.8 Å². The van der Waals surface area contributed by atoms with Crippen LogP contribution in [0.2, 0.25) is 0 Å². The predicted molar refractivity (Wildman–Crippen MR) is 78.8 cm³/mol. The Bertz CT molecular complexity index is 739. The fourth-order valence-corrected chi connectivity index (χ4v) is 2.70. The third-order valence-corrected chi connectivity index (χ3v) is 3.92. The summed E-state index contributed by atoms with van der Waals surface area (Å²) in [6, 6.07) is 8.92. The van der Waals surface area contributed by atoms with E-state index in [0.717, 1.165) is 12.2 Å². The molecule has 1 aromatic heterocycles. The molecule has 2 atom stereocenters. The molecule has 112 valence electrons. The van der Waals surface area contributed by atoms with Crippen LogP contribution < -0.4 is 15.4 Å². The Hall–Kier alpha value is -2.76. The van der Waals surface area contributed by atoms with Gasteiger partial charge in [0.05, 0.1) is 12.0 Å². The number of amides is 2. The Balaban J connectivity index is 1.45. The average Bonchev–Trinajstić information content (AvgIpc) is 3.13. The number of carbonyl (C=O) groups is 2. The van der Waals surface area contributed by atoms with Crippen molar-refractivity contribution in [3.8, 4) is 5.75 Å². The van der Waals surface area contributed by atoms with Gasteiger partial charge in [-0.15, -0.1) is 0 Å². The molecule has 1 aromatic carbocycles. The third kappa shape index (κ3) is 2.32. The van der Waals surface area contributed by atoms with E-state index in [4.69, 9.17) is 9.15 Å². The number of hydrogen-bond acceptors (Lipinski definition) is 4. The second-order valence-electron chi connectivity index (χ2n) is 5.50. The van der Waals surface area contributed by atoms with Gasteiger partial charge in [-0.3, -0.25) is 9.59 Å². The van der Waals surface area contributed by atoms with Gasteiger partial charge < -0.3 is 19.8 Å². The highest BCUT2D eigenvalue weighted by Crippen LogP contribution is 2.48. The molecule has 2 unspecified atom stereocenters. The van der Waals surface area contributed by atoms with Crippen LogP contribution in [-0.4, -0.2) is 18.4 Å². The molecular weight excluding hydrogens is 284 g/mol. The van der Waals surface area contributed by atoms with Crippen molar-refractivity contribution in [2.24, 2.45) is 5.92 Å². The Labute approximate surface area is 126 Å². The van der Waals surface area contributed by atoms with E-state index in [9.17, 15) is 9.59 Å². The van der Waals surface area contributed by atoms with E-state index < -0.39 is 0 Å². The van der Waals surface area contributed by atoms with E-state index in [0.29, 0.717) is 17.1 Å². The van der Waals surface area contributed by atoms with Crippen LogP contribution in [0.4, 0.5) is 11.4 Å². The molecule has 0 saturated heterocycles. The highest BCUT2D eigenvalue weighted by molar-refractivity contribution is 5.98. The van der Waals surface area contributed by atoms with Crippen molar-refractivity contribution in [1.82, 2.24) is 0 Å². The molecule has 2 aliphatic rings. The van der Waals surface area contributed by atoms with Crippen LogP contribution in [0.1, 0.15) is 18.1 Å². The molecule has 1 saturated carbocycles. The smallest absolute Gasteiger partial charge is 0.262 e. The maximum absolute atomic E-state index is 12.2. The lowest BCUT2D eigenvalue weighted by molar-refractivity contribution is -0.119. The summed E-state index contributed by atoms with van der Waals surface area (Å²) in [4.78, 5) is 23.6. The first-order valence-electron chi connectivity index (χ1n) is 7.11. The minimum atomic E-state index is -0.198. The minimum absolute atomic E-state index is 0.0195. The van der Waals surface area contributed by atoms with Crippen LogP contribution in [0.3, 0.4) is 0 Å². The number of fused-ring (bicyclic) bond motifs is 1. The van der Waals surface area contributed by atoms with E-state index in [-0.39, 0.29) is 30.3 Å². The van der Waals surface area contributed by atoms with Crippen molar-refractivity contribution in [3.63, 3.8) is 0 Å². The quantitative estimate of drug-likeness (QED) is 0.911. The minimum Gasteiger partial charge on any atom is -0.482 e. The molecule has 0 bridgehead atoms. The maximum Gasteiger partial charge on any atom is 0.262 e. The normalized spacial score (nSPS) is 22.3. The largest absolute Gasteiger partial charge is 0.482 e. The summed E-state index contributed by atoms with van der Waals surface area (Å²) in [7, 11) is 0. The molecule has 0 spiro atoms. The molecule has 0 radical (unpaired) electrons. The van der Waals surface area contributed by atoms with Crippen LogP contribution in [0.15, 0.2) is 41.0 Å². The van der Waals surface area contributed by atoms with Gasteiger partial charge in [-0.1, -0.05) is 0 Å². The molecule has 22 heavy (non-hydrogen) atoms. The molecule has 2 aromatic rings. The summed E-state index contributed by atoms with van der Waals surface area (Å²) in [5.74, 6) is 1.33. The van der Waals surface area contributed by atoms with E-state index in [2.05, 4.69) is 10.6 Å². The van der Waals surface area contributed by atoms with E-state index in [1.807, 2.05) is 12.1 Å². The summed E-state index contributed by atoms with van der Waals surface area (Å²) in [5, 5.41) is 5.59. The highest BCUT2D eigenvalue weighted by atomic mass is 16.5. The van der Waals surface area contributed by atoms with Gasteiger partial charge in [0.1, 0.15) is 11.5 Å². The van der Waals surface area contributed by atoms with Crippen LogP contribution in [0.5, 0.6) is 5.75 Å². The summed E-state index contributed by atoms with van der Waals surface area (Å²) < 4.78 is 10.6. The zero-order valence-corrected chi connectivity index (χ0v) is 11.7. The Kier molecular flexibility index (Phi) is 2.89. The van der Waals surface area contributed by atoms with Crippen LogP contribution >= 0.6 is 0 Å². The van der Waals surface area contributed by atoms with Crippen LogP contribution in [0.25, 0.3) is 0 Å². The second kappa shape index (κ2) is 4.91. The number of carbonyl (C=O) groups excluding carboxylic acids is 2. The number of nitrogens with one attached hydrogen (secondary N) is 2. The lowest BCUT2D eigenvalue weighted by atomic mass is 10.2. The summed E-state index contributed by atoms with van der Waals surface area (Å²) in [6.45, 7) is 0.0195. The van der Waals surface area contributed by atoms with Gasteiger partial charge in [0, 0.05) is 17.5 Å². The monoisotopic (exact) mass is 298 g/mol. The summed E-state index contributed by atoms with van der Waals surface area (Å²) in [5.41, 5.74) is 1.21. The summed E-state index contributed by atoms with van der Waals surface area (Å²) >= 11 is 0. The highest BCUT2D eigenvalue weighted by Gasteiger charge is 2.45. The van der Waals surface area contributed by atoms with Crippen LogP contribution in [-0.2, 0) is 9.59 Å². The standard InChI is InChI=1S/C16H14N2O4/c19-15-8-22-14-4-3-9(6-12(14)18-15)17-16(20)11-7-10(11)13-2-1-5-21-13/h1-6,10-11H,7-8H2,(H,17,20)(H,18,19). The number of ether oxygens (including phenoxy) is 1. The van der Waals surface area contributed by atoms with E-state index in [1.165, 1.54) is 0 Å². The van der Waals surface area contributed by atoms with Gasteiger partial charge in [0.25, 0.3) is 5.91 Å². The van der Waals surface area contributed by atoms with E-state index in [1.54, 1.807) is 24.5 Å². The van der Waals surface area contributed by atoms with Crippen molar-refractivity contribution < 1.29 is 18.7 Å². The first-order chi connectivity index (χ1) is 10.7. The van der Waals surface area contributed by atoms with Crippen molar-refractivity contribution in [1.29, 1.82) is 0 Å². The van der Waals surface area contributed by atoms with Gasteiger partial charge >= 0.3 is 0 Å². The van der Waals surface area contributed by atoms with Gasteiger partial charge in [-0.2, -0.15) is 0 Å². The molecule has 1 aliphatic heterocycles. The molecular formula is C16H14N2O4. The average molecular weight is 298 g/mol. The molecule has 2 amide bonds. The Morgan fingerprint density at radius 3 is 3.05 bits per heavy atom. The number of benzene rings is 1. The van der Waals surface area contributed by atoms with Gasteiger partial charge in [0.15, 0.2) is 6.61 Å². The molecule has 2 N–H and O–H groups in total. The van der Waals surface area contributed by atoms with Crippen LogP contribution in [0, 0.1) is 5.92 Å². The number of furan rings is 1. The van der Waals surface area contributed by atoms with Crippen molar-refractivity contribution in [2.75, 3.05) is 17.2 Å². The molecule has 6 nitrogen and oxygen atoms in total. The number of hydrogen-bond donors (Lipinski definition) is 2. The zero-order chi connectivity index (χ0) is 15.1. The number of rotatable bonds is 3. The first-order valence-corrected chi connectivity index (χ1v) is 7.11. The van der Waals surface area contributed by atoms with Gasteiger partial charge in [-0.25, -0.2) is 0 Å². The fraction of sp³-hybridized carbons (Fsp3) is 0.250. The SMILES string of the molecule is O=C1COc2ccc(NC(=O)C3CC3c3ccco3)cc2N1. The predicted octanol–water partition coefficient (Wildman–Crippen LogP) is 2.35. The summed E-state index contributed by atoms with van der Waals surface area (Å²) in [6.07, 6.45) is 2.42.